The van der Waals surface area contributed by atoms with Crippen molar-refractivity contribution in [1.82, 2.24) is 5.32 Å². The van der Waals surface area contributed by atoms with Gasteiger partial charge in [0.15, 0.2) is 0 Å². The molecule has 0 spiro atoms. The molecule has 1 amide bonds. The van der Waals surface area contributed by atoms with Crippen LogP contribution in [0.3, 0.4) is 0 Å². The van der Waals surface area contributed by atoms with Gasteiger partial charge in [0.25, 0.3) is 0 Å². The SMILES string of the molecule is Nc1ccccc1CC(=O)NC1(CO)CCCC1. The fraction of sp³-hybridized carbons (Fsp3) is 0.500. The maximum atomic E-state index is 12.0. The van der Waals surface area contributed by atoms with Crippen LogP contribution in [0.5, 0.6) is 0 Å². The van der Waals surface area contributed by atoms with Crippen LogP contribution in [0.25, 0.3) is 0 Å². The minimum absolute atomic E-state index is 0.0169. The summed E-state index contributed by atoms with van der Waals surface area (Å²) in [6.07, 6.45) is 4.12. The van der Waals surface area contributed by atoms with E-state index in [0.29, 0.717) is 5.69 Å². The molecule has 1 fully saturated rings. The topological polar surface area (TPSA) is 75.4 Å². The Labute approximate surface area is 107 Å². The highest BCUT2D eigenvalue weighted by Crippen LogP contribution is 2.29. The summed E-state index contributed by atoms with van der Waals surface area (Å²) in [6.45, 7) is 0.0169. The van der Waals surface area contributed by atoms with Gasteiger partial charge >= 0.3 is 0 Å². The zero-order valence-electron chi connectivity index (χ0n) is 10.5. The molecule has 1 aromatic carbocycles. The number of nitrogen functional groups attached to an aromatic ring is 1. The minimum atomic E-state index is -0.402. The molecule has 0 radical (unpaired) electrons. The Morgan fingerprint density at radius 1 is 1.33 bits per heavy atom. The number of nitrogens with one attached hydrogen (secondary N) is 1. The van der Waals surface area contributed by atoms with Gasteiger partial charge in [-0.2, -0.15) is 0 Å². The first kappa shape index (κ1) is 12.9. The molecule has 0 aromatic heterocycles. The van der Waals surface area contributed by atoms with Crippen molar-refractivity contribution in [3.63, 3.8) is 0 Å². The van der Waals surface area contributed by atoms with E-state index in [1.54, 1.807) is 6.07 Å². The first-order valence-corrected chi connectivity index (χ1v) is 6.40. The molecule has 0 heterocycles. The molecule has 0 atom stereocenters. The maximum Gasteiger partial charge on any atom is 0.225 e. The summed E-state index contributed by atoms with van der Waals surface area (Å²) in [5.74, 6) is -0.0659. The van der Waals surface area contributed by atoms with E-state index >= 15 is 0 Å². The number of amides is 1. The van der Waals surface area contributed by atoms with Crippen LogP contribution in [0, 0.1) is 0 Å². The summed E-state index contributed by atoms with van der Waals surface area (Å²) in [6, 6.07) is 7.37. The van der Waals surface area contributed by atoms with E-state index in [4.69, 9.17) is 5.73 Å². The summed E-state index contributed by atoms with van der Waals surface area (Å²) < 4.78 is 0. The number of benzene rings is 1. The molecule has 98 valence electrons. The van der Waals surface area contributed by atoms with Crippen molar-refractivity contribution < 1.29 is 9.90 Å². The summed E-state index contributed by atoms with van der Waals surface area (Å²) >= 11 is 0. The van der Waals surface area contributed by atoms with Crippen LogP contribution in [-0.4, -0.2) is 23.2 Å². The maximum absolute atomic E-state index is 12.0. The van der Waals surface area contributed by atoms with Crippen LogP contribution in [0.2, 0.25) is 0 Å². The molecule has 1 aromatic rings. The van der Waals surface area contributed by atoms with Crippen molar-refractivity contribution in [2.45, 2.75) is 37.6 Å². The average Bonchev–Trinajstić information content (AvgIpc) is 2.81. The number of carbonyl (C=O) groups is 1. The third-order valence-electron chi connectivity index (χ3n) is 3.67. The number of aliphatic hydroxyl groups is 1. The first-order valence-electron chi connectivity index (χ1n) is 6.40. The molecule has 4 nitrogen and oxygen atoms in total. The Morgan fingerprint density at radius 3 is 2.61 bits per heavy atom. The summed E-state index contributed by atoms with van der Waals surface area (Å²) in [4.78, 5) is 12.0. The van der Waals surface area contributed by atoms with Gasteiger partial charge in [0.1, 0.15) is 0 Å². The monoisotopic (exact) mass is 248 g/mol. The molecule has 1 aliphatic carbocycles. The van der Waals surface area contributed by atoms with Crippen molar-refractivity contribution in [2.24, 2.45) is 0 Å². The van der Waals surface area contributed by atoms with Crippen LogP contribution >= 0.6 is 0 Å². The number of rotatable bonds is 4. The second-order valence-electron chi connectivity index (χ2n) is 5.07. The zero-order chi connectivity index (χ0) is 13.0. The van der Waals surface area contributed by atoms with E-state index in [-0.39, 0.29) is 18.9 Å². The van der Waals surface area contributed by atoms with E-state index in [1.807, 2.05) is 18.2 Å². The Bertz CT molecular complexity index is 426. The van der Waals surface area contributed by atoms with Gasteiger partial charge in [0, 0.05) is 5.69 Å². The number of hydrogen-bond donors (Lipinski definition) is 3. The molecule has 18 heavy (non-hydrogen) atoms. The Hall–Kier alpha value is -1.55. The quantitative estimate of drug-likeness (QED) is 0.702. The third kappa shape index (κ3) is 2.82. The Kier molecular flexibility index (Phi) is 3.87. The van der Waals surface area contributed by atoms with E-state index < -0.39 is 5.54 Å². The van der Waals surface area contributed by atoms with Gasteiger partial charge in [0.2, 0.25) is 5.91 Å². The van der Waals surface area contributed by atoms with Crippen molar-refractivity contribution in [3.8, 4) is 0 Å². The number of carbonyl (C=O) groups excluding carboxylic acids is 1. The average molecular weight is 248 g/mol. The van der Waals surface area contributed by atoms with Gasteiger partial charge < -0.3 is 16.2 Å². The molecule has 0 saturated heterocycles. The van der Waals surface area contributed by atoms with Crippen LogP contribution < -0.4 is 11.1 Å². The summed E-state index contributed by atoms with van der Waals surface area (Å²) in [5, 5.41) is 12.4. The molecule has 1 aliphatic rings. The molecule has 2 rings (SSSR count). The predicted molar refractivity (Wildman–Crippen MR) is 71.0 cm³/mol. The van der Waals surface area contributed by atoms with Gasteiger partial charge in [-0.3, -0.25) is 4.79 Å². The van der Waals surface area contributed by atoms with Gasteiger partial charge in [-0.1, -0.05) is 31.0 Å². The van der Waals surface area contributed by atoms with E-state index in [0.717, 1.165) is 31.2 Å². The lowest BCUT2D eigenvalue weighted by Crippen LogP contribution is -2.49. The van der Waals surface area contributed by atoms with Crippen molar-refractivity contribution in [2.75, 3.05) is 12.3 Å². The Balaban J connectivity index is 1.98. The molecule has 1 saturated carbocycles. The van der Waals surface area contributed by atoms with E-state index in [9.17, 15) is 9.90 Å². The van der Waals surface area contributed by atoms with Crippen LogP contribution in [0.15, 0.2) is 24.3 Å². The largest absolute Gasteiger partial charge is 0.398 e. The summed E-state index contributed by atoms with van der Waals surface area (Å²) in [7, 11) is 0. The van der Waals surface area contributed by atoms with Crippen LogP contribution in [0.4, 0.5) is 5.69 Å². The number of para-hydroxylation sites is 1. The standard InChI is InChI=1S/C14H20N2O2/c15-12-6-2-1-5-11(12)9-13(18)16-14(10-17)7-3-4-8-14/h1-2,5-6,17H,3-4,7-10,15H2,(H,16,18). The fourth-order valence-electron chi connectivity index (χ4n) is 2.58. The Morgan fingerprint density at radius 2 is 2.00 bits per heavy atom. The highest BCUT2D eigenvalue weighted by atomic mass is 16.3. The first-order chi connectivity index (χ1) is 8.65. The highest BCUT2D eigenvalue weighted by molar-refractivity contribution is 5.81. The second-order valence-corrected chi connectivity index (χ2v) is 5.07. The third-order valence-corrected chi connectivity index (χ3v) is 3.67. The van der Waals surface area contributed by atoms with Gasteiger partial charge in [-0.05, 0) is 24.5 Å². The number of hydrogen-bond acceptors (Lipinski definition) is 3. The molecule has 4 N–H and O–H groups in total. The van der Waals surface area contributed by atoms with Crippen molar-refractivity contribution in [3.05, 3.63) is 29.8 Å². The molecule has 0 aliphatic heterocycles. The van der Waals surface area contributed by atoms with Crippen molar-refractivity contribution in [1.29, 1.82) is 0 Å². The van der Waals surface area contributed by atoms with Crippen molar-refractivity contribution >= 4 is 11.6 Å². The normalized spacial score (nSPS) is 17.6. The minimum Gasteiger partial charge on any atom is -0.398 e. The molecular weight excluding hydrogens is 228 g/mol. The van der Waals surface area contributed by atoms with Gasteiger partial charge in [0.05, 0.1) is 18.6 Å². The number of aliphatic hydroxyl groups excluding tert-OH is 1. The molecular formula is C14H20N2O2. The lowest BCUT2D eigenvalue weighted by molar-refractivity contribution is -0.122. The second kappa shape index (κ2) is 5.40. The van der Waals surface area contributed by atoms with Crippen LogP contribution in [-0.2, 0) is 11.2 Å². The number of anilines is 1. The zero-order valence-corrected chi connectivity index (χ0v) is 10.5. The summed E-state index contributed by atoms with van der Waals surface area (Å²) in [5.41, 5.74) is 6.88. The van der Waals surface area contributed by atoms with E-state index in [1.165, 1.54) is 0 Å². The van der Waals surface area contributed by atoms with Gasteiger partial charge in [-0.15, -0.1) is 0 Å². The van der Waals surface area contributed by atoms with Crippen LogP contribution in [0.1, 0.15) is 31.2 Å². The highest BCUT2D eigenvalue weighted by Gasteiger charge is 2.34. The number of nitrogens with two attached hydrogens (primary N) is 1. The molecule has 4 heteroatoms. The smallest absolute Gasteiger partial charge is 0.225 e. The van der Waals surface area contributed by atoms with E-state index in [2.05, 4.69) is 5.32 Å². The van der Waals surface area contributed by atoms with Gasteiger partial charge in [-0.25, -0.2) is 0 Å². The fourth-order valence-corrected chi connectivity index (χ4v) is 2.58. The lowest BCUT2D eigenvalue weighted by Gasteiger charge is -2.28. The lowest BCUT2D eigenvalue weighted by atomic mass is 9.98. The molecule has 0 bridgehead atoms. The molecule has 0 unspecified atom stereocenters. The predicted octanol–water partition coefficient (Wildman–Crippen LogP) is 1.23.